The third kappa shape index (κ3) is 12.6. The zero-order valence-electron chi connectivity index (χ0n) is 21.2. The maximum absolute atomic E-state index is 12.7. The predicted octanol–water partition coefficient (Wildman–Crippen LogP) is 5.44. The highest BCUT2D eigenvalue weighted by molar-refractivity contribution is 5.83. The molecule has 33 heavy (non-hydrogen) atoms. The summed E-state index contributed by atoms with van der Waals surface area (Å²) in [5.41, 5.74) is 0.528. The number of aliphatic hydroxyl groups is 1. The first kappa shape index (κ1) is 28.9. The van der Waals surface area contributed by atoms with Gasteiger partial charge in [-0.3, -0.25) is 4.79 Å². The SMILES string of the molecule is CCC[C@H](/C=C\CC[C@@H](O)[C@@H](C)C(=O)[C@H](C)COCc1ccccc1)NC(=O)OC(C)(C)C. The van der Waals surface area contributed by atoms with Crippen LogP contribution in [0.15, 0.2) is 42.5 Å². The van der Waals surface area contributed by atoms with E-state index >= 15 is 0 Å². The van der Waals surface area contributed by atoms with Crippen LogP contribution in [0.4, 0.5) is 4.79 Å². The number of rotatable bonds is 14. The molecular formula is C27H43NO5. The molecule has 0 spiro atoms. The van der Waals surface area contributed by atoms with Crippen LogP contribution in [0.2, 0.25) is 0 Å². The van der Waals surface area contributed by atoms with Crippen LogP contribution in [0.25, 0.3) is 0 Å². The molecular weight excluding hydrogens is 418 g/mol. The molecule has 0 fully saturated rings. The van der Waals surface area contributed by atoms with Crippen molar-refractivity contribution in [2.75, 3.05) is 6.61 Å². The average Bonchev–Trinajstić information content (AvgIpc) is 2.74. The molecule has 0 saturated heterocycles. The van der Waals surface area contributed by atoms with Crippen LogP contribution >= 0.6 is 0 Å². The number of ether oxygens (including phenoxy) is 2. The summed E-state index contributed by atoms with van der Waals surface area (Å²) in [5, 5.41) is 13.4. The summed E-state index contributed by atoms with van der Waals surface area (Å²) in [6.07, 6.45) is 5.55. The number of alkyl carbamates (subject to hydrolysis) is 1. The molecule has 1 aromatic rings. The van der Waals surface area contributed by atoms with Gasteiger partial charge in [-0.25, -0.2) is 4.79 Å². The minimum Gasteiger partial charge on any atom is -0.444 e. The number of allylic oxidation sites excluding steroid dienone is 1. The van der Waals surface area contributed by atoms with Crippen molar-refractivity contribution in [3.05, 3.63) is 48.0 Å². The molecule has 0 radical (unpaired) electrons. The van der Waals surface area contributed by atoms with Crippen molar-refractivity contribution in [3.8, 4) is 0 Å². The molecule has 0 aromatic heterocycles. The van der Waals surface area contributed by atoms with Gasteiger partial charge in [-0.15, -0.1) is 0 Å². The molecule has 1 aromatic carbocycles. The Hall–Kier alpha value is -2.18. The van der Waals surface area contributed by atoms with Gasteiger partial charge in [0.15, 0.2) is 0 Å². The Morgan fingerprint density at radius 2 is 1.79 bits per heavy atom. The van der Waals surface area contributed by atoms with Gasteiger partial charge in [0.05, 0.1) is 25.4 Å². The number of carbonyl (C=O) groups is 2. The minimum atomic E-state index is -0.720. The normalized spacial score (nSPS) is 15.6. The number of aliphatic hydroxyl groups excluding tert-OH is 1. The van der Waals surface area contributed by atoms with Gasteiger partial charge in [-0.1, -0.05) is 69.7 Å². The first-order valence-electron chi connectivity index (χ1n) is 12.0. The van der Waals surface area contributed by atoms with Crippen LogP contribution in [-0.4, -0.2) is 41.3 Å². The number of nitrogens with one attached hydrogen (secondary N) is 1. The van der Waals surface area contributed by atoms with E-state index in [0.717, 1.165) is 18.4 Å². The molecule has 2 N–H and O–H groups in total. The Balaban J connectivity index is 2.41. The number of benzene rings is 1. The Kier molecular flexibility index (Phi) is 13.0. The van der Waals surface area contributed by atoms with Gasteiger partial charge in [0.25, 0.3) is 0 Å². The lowest BCUT2D eigenvalue weighted by molar-refractivity contribution is -0.131. The minimum absolute atomic E-state index is 0.00925. The molecule has 0 aliphatic heterocycles. The van der Waals surface area contributed by atoms with Gasteiger partial charge >= 0.3 is 6.09 Å². The number of hydrogen-bond acceptors (Lipinski definition) is 5. The number of hydrogen-bond donors (Lipinski definition) is 2. The quantitative estimate of drug-likeness (QED) is 0.361. The number of amides is 1. The highest BCUT2D eigenvalue weighted by Gasteiger charge is 2.26. The molecule has 4 atom stereocenters. The molecule has 6 heteroatoms. The second kappa shape index (κ2) is 14.9. The zero-order valence-corrected chi connectivity index (χ0v) is 21.2. The number of ketones is 1. The average molecular weight is 462 g/mol. The Labute approximate surface area is 199 Å². The van der Waals surface area contributed by atoms with Crippen molar-refractivity contribution in [3.63, 3.8) is 0 Å². The number of carbonyl (C=O) groups excluding carboxylic acids is 2. The van der Waals surface area contributed by atoms with Gasteiger partial charge in [-0.2, -0.15) is 0 Å². The van der Waals surface area contributed by atoms with E-state index in [1.165, 1.54) is 0 Å². The van der Waals surface area contributed by atoms with E-state index in [1.807, 2.05) is 70.2 Å². The van der Waals surface area contributed by atoms with Crippen LogP contribution in [0.5, 0.6) is 0 Å². The molecule has 0 aliphatic rings. The molecule has 186 valence electrons. The molecule has 0 bridgehead atoms. The van der Waals surface area contributed by atoms with Gasteiger partial charge in [0, 0.05) is 11.8 Å². The third-order valence-electron chi connectivity index (χ3n) is 5.29. The van der Waals surface area contributed by atoms with Crippen molar-refractivity contribution in [1.29, 1.82) is 0 Å². The van der Waals surface area contributed by atoms with Crippen molar-refractivity contribution in [1.82, 2.24) is 5.32 Å². The Bertz CT molecular complexity index is 726. The monoisotopic (exact) mass is 461 g/mol. The Morgan fingerprint density at radius 1 is 1.12 bits per heavy atom. The number of Topliss-reactive ketones (excluding diaryl/α,β-unsaturated/α-hetero) is 1. The summed E-state index contributed by atoms with van der Waals surface area (Å²) in [6, 6.07) is 9.72. The van der Waals surface area contributed by atoms with Gasteiger partial charge in [0.1, 0.15) is 11.4 Å². The van der Waals surface area contributed by atoms with Crippen LogP contribution < -0.4 is 5.32 Å². The van der Waals surface area contributed by atoms with Crippen molar-refractivity contribution >= 4 is 11.9 Å². The lowest BCUT2D eigenvalue weighted by Gasteiger charge is -2.22. The molecule has 0 aliphatic carbocycles. The third-order valence-corrected chi connectivity index (χ3v) is 5.29. The van der Waals surface area contributed by atoms with Gasteiger partial charge < -0.3 is 19.9 Å². The molecule has 1 rings (SSSR count). The predicted molar refractivity (Wildman–Crippen MR) is 132 cm³/mol. The highest BCUT2D eigenvalue weighted by Crippen LogP contribution is 2.17. The van der Waals surface area contributed by atoms with Crippen LogP contribution in [0.3, 0.4) is 0 Å². The van der Waals surface area contributed by atoms with Crippen LogP contribution in [0.1, 0.15) is 72.8 Å². The van der Waals surface area contributed by atoms with Gasteiger partial charge in [-0.05, 0) is 45.6 Å². The lowest BCUT2D eigenvalue weighted by Crippen LogP contribution is -2.38. The maximum Gasteiger partial charge on any atom is 0.408 e. The molecule has 0 unspecified atom stereocenters. The fraction of sp³-hybridized carbons (Fsp3) is 0.630. The summed E-state index contributed by atoms with van der Waals surface area (Å²) >= 11 is 0. The fourth-order valence-electron chi connectivity index (χ4n) is 3.41. The van der Waals surface area contributed by atoms with Crippen LogP contribution in [-0.2, 0) is 20.9 Å². The zero-order chi connectivity index (χ0) is 24.9. The summed E-state index contributed by atoms with van der Waals surface area (Å²) in [5.74, 6) is -0.726. The fourth-order valence-corrected chi connectivity index (χ4v) is 3.41. The van der Waals surface area contributed by atoms with E-state index in [1.54, 1.807) is 6.92 Å². The highest BCUT2D eigenvalue weighted by atomic mass is 16.6. The molecule has 0 saturated carbocycles. The van der Waals surface area contributed by atoms with E-state index in [2.05, 4.69) is 12.2 Å². The summed E-state index contributed by atoms with van der Waals surface area (Å²) in [6.45, 7) is 12.0. The molecule has 1 amide bonds. The van der Waals surface area contributed by atoms with E-state index < -0.39 is 23.7 Å². The first-order chi connectivity index (χ1) is 15.5. The molecule has 6 nitrogen and oxygen atoms in total. The first-order valence-corrected chi connectivity index (χ1v) is 12.0. The standard InChI is InChI=1S/C27H43NO5/c1-7-13-23(28-26(31)33-27(4,5)6)16-11-12-17-24(29)21(3)25(30)20(2)18-32-19-22-14-9-8-10-15-22/h8-11,14-16,20-21,23-24,29H,7,12-13,17-19H2,1-6H3,(H,28,31)/b16-11-/t20-,21-,23-,24-/m1/s1. The lowest BCUT2D eigenvalue weighted by atomic mass is 9.89. The molecule has 0 heterocycles. The summed E-state index contributed by atoms with van der Waals surface area (Å²) < 4.78 is 11.0. The van der Waals surface area contributed by atoms with Crippen molar-refractivity contribution in [2.45, 2.75) is 91.6 Å². The van der Waals surface area contributed by atoms with E-state index in [4.69, 9.17) is 9.47 Å². The van der Waals surface area contributed by atoms with Crippen molar-refractivity contribution in [2.24, 2.45) is 11.8 Å². The Morgan fingerprint density at radius 3 is 2.39 bits per heavy atom. The van der Waals surface area contributed by atoms with E-state index in [9.17, 15) is 14.7 Å². The summed E-state index contributed by atoms with van der Waals surface area (Å²) in [7, 11) is 0. The topological polar surface area (TPSA) is 84.9 Å². The smallest absolute Gasteiger partial charge is 0.408 e. The van der Waals surface area contributed by atoms with E-state index in [0.29, 0.717) is 26.1 Å². The largest absolute Gasteiger partial charge is 0.444 e. The van der Waals surface area contributed by atoms with Crippen LogP contribution in [0, 0.1) is 11.8 Å². The van der Waals surface area contributed by atoms with Gasteiger partial charge in [0.2, 0.25) is 0 Å². The van der Waals surface area contributed by atoms with Crippen molar-refractivity contribution < 1.29 is 24.2 Å². The maximum atomic E-state index is 12.7. The van der Waals surface area contributed by atoms with E-state index in [-0.39, 0.29) is 17.7 Å². The second-order valence-electron chi connectivity index (χ2n) is 9.71. The second-order valence-corrected chi connectivity index (χ2v) is 9.71. The summed E-state index contributed by atoms with van der Waals surface area (Å²) in [4.78, 5) is 24.7.